The van der Waals surface area contributed by atoms with Crippen LogP contribution in [0.25, 0.3) is 0 Å². The fourth-order valence-corrected chi connectivity index (χ4v) is 4.58. The molecule has 0 aliphatic carbocycles. The molecule has 8 nitrogen and oxygen atoms in total. The number of benzene rings is 3. The number of anilines is 2. The predicted molar refractivity (Wildman–Crippen MR) is 139 cm³/mol. The summed E-state index contributed by atoms with van der Waals surface area (Å²) in [5.74, 6) is 1.22. The molecular weight excluding hydrogens is 497 g/mol. The van der Waals surface area contributed by atoms with Gasteiger partial charge in [0.1, 0.15) is 5.82 Å². The van der Waals surface area contributed by atoms with Crippen molar-refractivity contribution in [3.05, 3.63) is 94.3 Å². The van der Waals surface area contributed by atoms with Gasteiger partial charge in [-0.05, 0) is 59.5 Å². The van der Waals surface area contributed by atoms with Crippen molar-refractivity contribution < 1.29 is 18.7 Å². The Morgan fingerprint density at radius 2 is 1.76 bits per heavy atom. The first-order valence-electron chi connectivity index (χ1n) is 11.7. The van der Waals surface area contributed by atoms with Gasteiger partial charge in [0, 0.05) is 5.02 Å². The topological polar surface area (TPSA) is 90.3 Å². The van der Waals surface area contributed by atoms with E-state index in [9.17, 15) is 9.18 Å². The Morgan fingerprint density at radius 3 is 2.46 bits per heavy atom. The Morgan fingerprint density at radius 1 is 1.05 bits per heavy atom. The number of fused-ring (bicyclic) bond motifs is 1. The van der Waals surface area contributed by atoms with E-state index in [4.69, 9.17) is 21.1 Å². The Kier molecular flexibility index (Phi) is 6.96. The summed E-state index contributed by atoms with van der Waals surface area (Å²) in [4.78, 5) is 17.4. The molecule has 4 aromatic rings. The molecule has 37 heavy (non-hydrogen) atoms. The first-order chi connectivity index (χ1) is 17.9. The Hall–Kier alpha value is -4.11. The maximum atomic E-state index is 13.6. The monoisotopic (exact) mass is 521 g/mol. The lowest BCUT2D eigenvalue weighted by Gasteiger charge is -2.31. The molecule has 190 valence electrons. The summed E-state index contributed by atoms with van der Waals surface area (Å²) >= 11 is 6.08. The molecule has 0 bridgehead atoms. The van der Waals surface area contributed by atoms with E-state index in [0.717, 1.165) is 16.7 Å². The van der Waals surface area contributed by atoms with Crippen LogP contribution < -0.4 is 20.1 Å². The number of halogens is 2. The van der Waals surface area contributed by atoms with Gasteiger partial charge in [-0.1, -0.05) is 41.9 Å². The van der Waals surface area contributed by atoms with E-state index in [-0.39, 0.29) is 36.2 Å². The second-order valence-electron chi connectivity index (χ2n) is 8.67. The van der Waals surface area contributed by atoms with Crippen LogP contribution in [0.5, 0.6) is 11.5 Å². The summed E-state index contributed by atoms with van der Waals surface area (Å²) < 4.78 is 25.9. The zero-order chi connectivity index (χ0) is 25.9. The SMILES string of the molecule is COc1ccc(CC(=O)Nc2nc3n(n2)[C@@H](c2ccc(F)cc2)C[C@@H](c2ccc(Cl)cc2)N3)cc1OC. The summed E-state index contributed by atoms with van der Waals surface area (Å²) in [5.41, 5.74) is 2.67. The summed E-state index contributed by atoms with van der Waals surface area (Å²) in [6.45, 7) is 0. The summed E-state index contributed by atoms with van der Waals surface area (Å²) in [6.07, 6.45) is 0.745. The standard InChI is InChI=1S/C27H25ClFN5O3/c1-36-23-12-3-16(13-24(23)37-2)14-25(35)31-26-32-27-30-21(17-4-8-19(28)9-5-17)15-22(34(27)33-26)18-6-10-20(29)11-7-18/h3-13,21-22H,14-15H2,1-2H3,(H2,30,31,32,33,35)/t21-,22+/m0/s1. The molecule has 3 aromatic carbocycles. The van der Waals surface area contributed by atoms with Gasteiger partial charge in [-0.15, -0.1) is 5.10 Å². The number of aromatic nitrogens is 3. The van der Waals surface area contributed by atoms with E-state index < -0.39 is 0 Å². The van der Waals surface area contributed by atoms with Crippen molar-refractivity contribution in [2.75, 3.05) is 24.9 Å². The maximum Gasteiger partial charge on any atom is 0.250 e. The Balaban J connectivity index is 1.39. The van der Waals surface area contributed by atoms with E-state index in [0.29, 0.717) is 28.9 Å². The second kappa shape index (κ2) is 10.5. The van der Waals surface area contributed by atoms with Crippen LogP contribution in [0.3, 0.4) is 0 Å². The van der Waals surface area contributed by atoms with Crippen molar-refractivity contribution in [3.8, 4) is 11.5 Å². The van der Waals surface area contributed by atoms with Gasteiger partial charge < -0.3 is 14.8 Å². The highest BCUT2D eigenvalue weighted by molar-refractivity contribution is 6.30. The van der Waals surface area contributed by atoms with Crippen molar-refractivity contribution in [1.82, 2.24) is 14.8 Å². The number of hydrogen-bond donors (Lipinski definition) is 2. The average Bonchev–Trinajstić information content (AvgIpc) is 3.31. The van der Waals surface area contributed by atoms with Crippen LogP contribution >= 0.6 is 11.6 Å². The van der Waals surface area contributed by atoms with Crippen molar-refractivity contribution in [2.45, 2.75) is 24.9 Å². The van der Waals surface area contributed by atoms with Gasteiger partial charge in [-0.3, -0.25) is 10.1 Å². The number of ether oxygens (including phenoxy) is 2. The van der Waals surface area contributed by atoms with Gasteiger partial charge in [0.25, 0.3) is 5.95 Å². The summed E-state index contributed by atoms with van der Waals surface area (Å²) in [7, 11) is 3.10. The number of rotatable bonds is 7. The molecule has 0 saturated carbocycles. The molecule has 10 heteroatoms. The van der Waals surface area contributed by atoms with Crippen LogP contribution in [-0.4, -0.2) is 34.9 Å². The van der Waals surface area contributed by atoms with Crippen LogP contribution in [0.15, 0.2) is 66.7 Å². The second-order valence-corrected chi connectivity index (χ2v) is 9.11. The third-order valence-corrected chi connectivity index (χ3v) is 6.53. The van der Waals surface area contributed by atoms with Gasteiger partial charge in [0.15, 0.2) is 11.5 Å². The van der Waals surface area contributed by atoms with Crippen LogP contribution in [0.4, 0.5) is 16.3 Å². The van der Waals surface area contributed by atoms with E-state index in [1.807, 2.05) is 24.3 Å². The highest BCUT2D eigenvalue weighted by Crippen LogP contribution is 2.38. The Labute approximate surface area is 218 Å². The molecule has 0 saturated heterocycles. The van der Waals surface area contributed by atoms with Crippen LogP contribution in [0.1, 0.15) is 35.2 Å². The van der Waals surface area contributed by atoms with Gasteiger partial charge >= 0.3 is 0 Å². The highest BCUT2D eigenvalue weighted by atomic mass is 35.5. The smallest absolute Gasteiger partial charge is 0.250 e. The van der Waals surface area contributed by atoms with Gasteiger partial charge in [-0.25, -0.2) is 9.07 Å². The Bertz CT molecular complexity index is 1410. The van der Waals surface area contributed by atoms with E-state index in [1.165, 1.54) is 12.1 Å². The normalized spacial score (nSPS) is 16.4. The minimum atomic E-state index is -0.311. The lowest BCUT2D eigenvalue weighted by atomic mass is 9.93. The molecule has 2 heterocycles. The van der Waals surface area contributed by atoms with Crippen molar-refractivity contribution in [2.24, 2.45) is 0 Å². The fraction of sp³-hybridized carbons (Fsp3) is 0.222. The highest BCUT2D eigenvalue weighted by Gasteiger charge is 2.31. The third-order valence-electron chi connectivity index (χ3n) is 6.28. The predicted octanol–water partition coefficient (Wildman–Crippen LogP) is 5.42. The van der Waals surface area contributed by atoms with Crippen LogP contribution in [0, 0.1) is 5.82 Å². The summed E-state index contributed by atoms with van der Waals surface area (Å²) in [6, 6.07) is 18.9. The quantitative estimate of drug-likeness (QED) is 0.338. The molecule has 2 atom stereocenters. The number of amides is 1. The number of nitrogens with one attached hydrogen (secondary N) is 2. The van der Waals surface area contributed by atoms with Gasteiger partial charge in [-0.2, -0.15) is 4.98 Å². The molecule has 0 unspecified atom stereocenters. The van der Waals surface area contributed by atoms with E-state index in [2.05, 4.69) is 20.7 Å². The van der Waals surface area contributed by atoms with Crippen molar-refractivity contribution >= 4 is 29.4 Å². The zero-order valence-electron chi connectivity index (χ0n) is 20.2. The van der Waals surface area contributed by atoms with E-state index >= 15 is 0 Å². The number of methoxy groups -OCH3 is 2. The fourth-order valence-electron chi connectivity index (χ4n) is 4.45. The molecule has 1 aromatic heterocycles. The van der Waals surface area contributed by atoms with Crippen LogP contribution in [-0.2, 0) is 11.2 Å². The first kappa shape index (κ1) is 24.6. The molecule has 2 N–H and O–H groups in total. The molecular formula is C27H25ClFN5O3. The average molecular weight is 522 g/mol. The van der Waals surface area contributed by atoms with E-state index in [1.54, 1.807) is 49.2 Å². The molecule has 1 aliphatic heterocycles. The minimum absolute atomic E-state index is 0.0839. The molecule has 1 amide bonds. The largest absolute Gasteiger partial charge is 0.493 e. The lowest BCUT2D eigenvalue weighted by Crippen LogP contribution is -2.28. The third kappa shape index (κ3) is 5.36. The molecule has 0 spiro atoms. The van der Waals surface area contributed by atoms with Crippen molar-refractivity contribution in [1.29, 1.82) is 0 Å². The zero-order valence-corrected chi connectivity index (χ0v) is 21.0. The number of carbonyl (C=O) groups excluding carboxylic acids is 1. The van der Waals surface area contributed by atoms with Gasteiger partial charge in [0.2, 0.25) is 11.9 Å². The van der Waals surface area contributed by atoms with Crippen LogP contribution in [0.2, 0.25) is 5.02 Å². The first-order valence-corrected chi connectivity index (χ1v) is 12.1. The molecule has 0 fully saturated rings. The number of hydrogen-bond acceptors (Lipinski definition) is 6. The molecule has 5 rings (SSSR count). The van der Waals surface area contributed by atoms with Gasteiger partial charge in [0.05, 0.1) is 32.7 Å². The maximum absolute atomic E-state index is 13.6. The van der Waals surface area contributed by atoms with Crippen molar-refractivity contribution in [3.63, 3.8) is 0 Å². The number of carbonyl (C=O) groups is 1. The lowest BCUT2D eigenvalue weighted by molar-refractivity contribution is -0.115. The minimum Gasteiger partial charge on any atom is -0.493 e. The molecule has 0 radical (unpaired) electrons. The number of nitrogens with zero attached hydrogens (tertiary/aromatic N) is 3. The summed E-state index contributed by atoms with van der Waals surface area (Å²) in [5, 5.41) is 11.4. The molecule has 1 aliphatic rings.